The van der Waals surface area contributed by atoms with Crippen molar-refractivity contribution in [1.82, 2.24) is 9.78 Å². The number of anilines is 2. The average Bonchev–Trinajstić information content (AvgIpc) is 3.55. The molecular formula is C20H24N4O3. The third kappa shape index (κ3) is 4.67. The largest absolute Gasteiger partial charge is 0.484 e. The molecule has 0 unspecified atom stereocenters. The molecule has 0 aliphatic heterocycles. The van der Waals surface area contributed by atoms with E-state index in [-0.39, 0.29) is 24.3 Å². The SMILES string of the molecule is Cc1cnn(CC2CC2)c1NC(=O)COc1cccc(NC(=O)C2CC2)c1. The Morgan fingerprint density at radius 1 is 1.22 bits per heavy atom. The lowest BCUT2D eigenvalue weighted by molar-refractivity contribution is -0.118. The molecule has 2 amide bonds. The van der Waals surface area contributed by atoms with Gasteiger partial charge in [0.25, 0.3) is 5.91 Å². The summed E-state index contributed by atoms with van der Waals surface area (Å²) in [5.74, 6) is 1.91. The van der Waals surface area contributed by atoms with Crippen molar-refractivity contribution < 1.29 is 14.3 Å². The standard InChI is InChI=1S/C20H24N4O3/c1-13-10-21-24(11-14-5-6-14)19(13)23-18(25)12-27-17-4-2-3-16(9-17)22-20(26)15-7-8-15/h2-4,9-10,14-15H,5-8,11-12H2,1H3,(H,22,26)(H,23,25). The van der Waals surface area contributed by atoms with Gasteiger partial charge in [-0.15, -0.1) is 0 Å². The Balaban J connectivity index is 1.31. The molecule has 7 heteroatoms. The average molecular weight is 368 g/mol. The van der Waals surface area contributed by atoms with Crippen molar-refractivity contribution in [3.8, 4) is 5.75 Å². The minimum Gasteiger partial charge on any atom is -0.484 e. The number of nitrogens with one attached hydrogen (secondary N) is 2. The molecule has 0 atom stereocenters. The van der Waals surface area contributed by atoms with E-state index < -0.39 is 0 Å². The summed E-state index contributed by atoms with van der Waals surface area (Å²) in [4.78, 5) is 24.2. The van der Waals surface area contributed by atoms with Crippen LogP contribution in [-0.2, 0) is 16.1 Å². The first-order valence-electron chi connectivity index (χ1n) is 9.44. The van der Waals surface area contributed by atoms with Crippen molar-refractivity contribution in [3.63, 3.8) is 0 Å². The van der Waals surface area contributed by atoms with Crippen molar-refractivity contribution in [3.05, 3.63) is 36.0 Å². The van der Waals surface area contributed by atoms with Gasteiger partial charge in [0.1, 0.15) is 11.6 Å². The molecule has 2 saturated carbocycles. The van der Waals surface area contributed by atoms with Gasteiger partial charge in [0.15, 0.2) is 6.61 Å². The maximum atomic E-state index is 12.3. The van der Waals surface area contributed by atoms with Gasteiger partial charge >= 0.3 is 0 Å². The zero-order chi connectivity index (χ0) is 18.8. The Morgan fingerprint density at radius 3 is 2.78 bits per heavy atom. The van der Waals surface area contributed by atoms with Crippen molar-refractivity contribution >= 4 is 23.3 Å². The van der Waals surface area contributed by atoms with E-state index in [2.05, 4.69) is 15.7 Å². The molecule has 27 heavy (non-hydrogen) atoms. The Labute approximate surface area is 158 Å². The van der Waals surface area contributed by atoms with Crippen LogP contribution in [0, 0.1) is 18.8 Å². The summed E-state index contributed by atoms with van der Waals surface area (Å²) in [7, 11) is 0. The van der Waals surface area contributed by atoms with Gasteiger partial charge < -0.3 is 15.4 Å². The molecule has 0 bridgehead atoms. The summed E-state index contributed by atoms with van der Waals surface area (Å²) in [6.07, 6.45) is 6.13. The maximum absolute atomic E-state index is 12.3. The quantitative estimate of drug-likeness (QED) is 0.750. The predicted molar refractivity (Wildman–Crippen MR) is 102 cm³/mol. The number of rotatable bonds is 8. The van der Waals surface area contributed by atoms with Gasteiger partial charge in [0, 0.05) is 29.8 Å². The third-order valence-corrected chi connectivity index (χ3v) is 4.83. The first kappa shape index (κ1) is 17.6. The molecule has 0 saturated heterocycles. The van der Waals surface area contributed by atoms with Crippen LogP contribution >= 0.6 is 0 Å². The number of hydrogen-bond acceptors (Lipinski definition) is 4. The second kappa shape index (κ2) is 7.42. The van der Waals surface area contributed by atoms with E-state index in [1.54, 1.807) is 24.4 Å². The Hall–Kier alpha value is -2.83. The normalized spacial score (nSPS) is 16.0. The van der Waals surface area contributed by atoms with Gasteiger partial charge in [-0.1, -0.05) is 6.07 Å². The van der Waals surface area contributed by atoms with E-state index in [4.69, 9.17) is 4.74 Å². The number of aryl methyl sites for hydroxylation is 1. The third-order valence-electron chi connectivity index (χ3n) is 4.83. The molecule has 1 aromatic carbocycles. The number of carbonyl (C=O) groups excluding carboxylic acids is 2. The highest BCUT2D eigenvalue weighted by molar-refractivity contribution is 5.94. The molecular weight excluding hydrogens is 344 g/mol. The molecule has 2 aromatic rings. The fourth-order valence-corrected chi connectivity index (χ4v) is 2.90. The number of aromatic nitrogens is 2. The lowest BCUT2D eigenvalue weighted by Gasteiger charge is -2.11. The van der Waals surface area contributed by atoms with E-state index in [1.165, 1.54) is 12.8 Å². The molecule has 2 fully saturated rings. The number of ether oxygens (including phenoxy) is 1. The minimum absolute atomic E-state index is 0.0456. The van der Waals surface area contributed by atoms with Gasteiger partial charge in [-0.25, -0.2) is 4.68 Å². The second-order valence-electron chi connectivity index (χ2n) is 7.43. The van der Waals surface area contributed by atoms with E-state index in [9.17, 15) is 9.59 Å². The molecule has 0 radical (unpaired) electrons. The summed E-state index contributed by atoms with van der Waals surface area (Å²) in [6.45, 7) is 2.67. The van der Waals surface area contributed by atoms with E-state index in [1.807, 2.05) is 17.7 Å². The minimum atomic E-state index is -0.233. The maximum Gasteiger partial charge on any atom is 0.263 e. The van der Waals surface area contributed by atoms with Gasteiger partial charge in [0.05, 0.1) is 6.20 Å². The predicted octanol–water partition coefficient (Wildman–Crippen LogP) is 2.97. The van der Waals surface area contributed by atoms with Crippen molar-refractivity contribution in [2.24, 2.45) is 11.8 Å². The molecule has 2 aliphatic carbocycles. The van der Waals surface area contributed by atoms with Crippen LogP contribution in [0.2, 0.25) is 0 Å². The van der Waals surface area contributed by atoms with E-state index in [0.29, 0.717) is 17.4 Å². The summed E-state index contributed by atoms with van der Waals surface area (Å²) in [5.41, 5.74) is 1.62. The van der Waals surface area contributed by atoms with Gasteiger partial charge in [-0.3, -0.25) is 9.59 Å². The first-order chi connectivity index (χ1) is 13.1. The van der Waals surface area contributed by atoms with Gasteiger partial charge in [-0.2, -0.15) is 5.10 Å². The number of nitrogens with zero attached hydrogens (tertiary/aromatic N) is 2. The number of amides is 2. The van der Waals surface area contributed by atoms with E-state index in [0.717, 1.165) is 30.8 Å². The highest BCUT2D eigenvalue weighted by Crippen LogP contribution is 2.32. The summed E-state index contributed by atoms with van der Waals surface area (Å²) in [5, 5.41) is 10.1. The summed E-state index contributed by atoms with van der Waals surface area (Å²) >= 11 is 0. The van der Waals surface area contributed by atoms with Crippen LogP contribution < -0.4 is 15.4 Å². The van der Waals surface area contributed by atoms with Crippen LogP contribution in [0.5, 0.6) is 5.75 Å². The Bertz CT molecular complexity index is 853. The lowest BCUT2D eigenvalue weighted by atomic mass is 10.3. The number of benzene rings is 1. The van der Waals surface area contributed by atoms with Crippen LogP contribution in [0.1, 0.15) is 31.2 Å². The topological polar surface area (TPSA) is 85.2 Å². The van der Waals surface area contributed by atoms with Gasteiger partial charge in [0.2, 0.25) is 5.91 Å². The smallest absolute Gasteiger partial charge is 0.263 e. The summed E-state index contributed by atoms with van der Waals surface area (Å²) in [6, 6.07) is 7.11. The molecule has 0 spiro atoms. The Morgan fingerprint density at radius 2 is 2.04 bits per heavy atom. The number of carbonyl (C=O) groups is 2. The van der Waals surface area contributed by atoms with Crippen molar-refractivity contribution in [2.75, 3.05) is 17.2 Å². The molecule has 142 valence electrons. The fraction of sp³-hybridized carbons (Fsp3) is 0.450. The van der Waals surface area contributed by atoms with Gasteiger partial charge in [-0.05, 0) is 50.7 Å². The van der Waals surface area contributed by atoms with Crippen LogP contribution in [0.3, 0.4) is 0 Å². The highest BCUT2D eigenvalue weighted by atomic mass is 16.5. The highest BCUT2D eigenvalue weighted by Gasteiger charge is 2.29. The molecule has 4 rings (SSSR count). The van der Waals surface area contributed by atoms with Crippen LogP contribution in [0.4, 0.5) is 11.5 Å². The molecule has 2 N–H and O–H groups in total. The first-order valence-corrected chi connectivity index (χ1v) is 9.44. The van der Waals surface area contributed by atoms with Crippen molar-refractivity contribution in [2.45, 2.75) is 39.2 Å². The molecule has 1 aromatic heterocycles. The molecule has 2 aliphatic rings. The van der Waals surface area contributed by atoms with Crippen LogP contribution in [-0.4, -0.2) is 28.2 Å². The zero-order valence-electron chi connectivity index (χ0n) is 15.4. The van der Waals surface area contributed by atoms with Crippen LogP contribution in [0.25, 0.3) is 0 Å². The lowest BCUT2D eigenvalue weighted by Crippen LogP contribution is -2.23. The monoisotopic (exact) mass is 368 g/mol. The van der Waals surface area contributed by atoms with Crippen molar-refractivity contribution in [1.29, 1.82) is 0 Å². The zero-order valence-corrected chi connectivity index (χ0v) is 15.4. The summed E-state index contributed by atoms with van der Waals surface area (Å²) < 4.78 is 7.46. The van der Waals surface area contributed by atoms with E-state index >= 15 is 0 Å². The fourth-order valence-electron chi connectivity index (χ4n) is 2.90. The number of hydrogen-bond donors (Lipinski definition) is 2. The molecule has 1 heterocycles. The second-order valence-corrected chi connectivity index (χ2v) is 7.43. The van der Waals surface area contributed by atoms with Crippen LogP contribution in [0.15, 0.2) is 30.5 Å². The Kier molecular flexibility index (Phi) is 4.83. The molecule has 7 nitrogen and oxygen atoms in total.